The van der Waals surface area contributed by atoms with Crippen LogP contribution in [-0.4, -0.2) is 5.91 Å². The van der Waals surface area contributed by atoms with Crippen LogP contribution in [0.25, 0.3) is 0 Å². The van der Waals surface area contributed by atoms with Gasteiger partial charge in [-0.1, -0.05) is 40.9 Å². The van der Waals surface area contributed by atoms with E-state index < -0.39 is 0 Å². The van der Waals surface area contributed by atoms with Gasteiger partial charge in [-0.15, -0.1) is 0 Å². The van der Waals surface area contributed by atoms with E-state index in [1.165, 1.54) is 12.1 Å². The molecule has 0 saturated carbocycles. The Bertz CT molecular complexity index is 621. The molecule has 0 aromatic heterocycles. The summed E-state index contributed by atoms with van der Waals surface area (Å²) in [5.74, 6) is -0.351. The molecule has 0 aliphatic rings. The number of carbonyl (C=O) groups excluding carboxylic acids is 1. The van der Waals surface area contributed by atoms with Gasteiger partial charge in [0.2, 0.25) is 0 Å². The van der Waals surface area contributed by atoms with E-state index in [1.54, 1.807) is 24.3 Å². The lowest BCUT2D eigenvalue weighted by Crippen LogP contribution is -2.12. The van der Waals surface area contributed by atoms with Crippen molar-refractivity contribution in [2.45, 2.75) is 0 Å². The number of nitrogens with two attached hydrogens (primary N) is 1. The van der Waals surface area contributed by atoms with Crippen molar-refractivity contribution in [2.24, 2.45) is 0 Å². The fourth-order valence-electron chi connectivity index (χ4n) is 1.53. The Morgan fingerprint density at radius 3 is 2.26 bits per heavy atom. The van der Waals surface area contributed by atoms with Crippen molar-refractivity contribution >= 4 is 52.1 Å². The molecule has 0 bridgehead atoms. The van der Waals surface area contributed by atoms with Crippen molar-refractivity contribution in [2.75, 3.05) is 11.1 Å². The number of rotatable bonds is 2. The van der Waals surface area contributed by atoms with Crippen LogP contribution in [-0.2, 0) is 0 Å². The zero-order valence-electron chi connectivity index (χ0n) is 9.58. The Morgan fingerprint density at radius 2 is 1.68 bits per heavy atom. The smallest absolute Gasteiger partial charge is 0.255 e. The van der Waals surface area contributed by atoms with E-state index in [0.29, 0.717) is 22.0 Å². The SMILES string of the molecule is Nc1cc(Cl)c(NC(=O)c2cccc(Cl)c2)c(Cl)c1. The normalized spacial score (nSPS) is 10.3. The number of benzene rings is 2. The number of carbonyl (C=O) groups is 1. The third-order valence-corrected chi connectivity index (χ3v) is 3.22. The lowest BCUT2D eigenvalue weighted by molar-refractivity contribution is 0.102. The van der Waals surface area contributed by atoms with Crippen LogP contribution in [0, 0.1) is 0 Å². The van der Waals surface area contributed by atoms with Gasteiger partial charge in [-0.3, -0.25) is 4.79 Å². The quantitative estimate of drug-likeness (QED) is 0.803. The molecule has 0 fully saturated rings. The summed E-state index contributed by atoms with van der Waals surface area (Å²) < 4.78 is 0. The van der Waals surface area contributed by atoms with Gasteiger partial charge in [0.15, 0.2) is 0 Å². The molecule has 19 heavy (non-hydrogen) atoms. The predicted molar refractivity (Wildman–Crippen MR) is 80.3 cm³/mol. The highest BCUT2D eigenvalue weighted by molar-refractivity contribution is 6.40. The van der Waals surface area contributed by atoms with Crippen LogP contribution >= 0.6 is 34.8 Å². The summed E-state index contributed by atoms with van der Waals surface area (Å²) >= 11 is 17.8. The number of nitrogen functional groups attached to an aromatic ring is 1. The fourth-order valence-corrected chi connectivity index (χ4v) is 2.32. The van der Waals surface area contributed by atoms with Crippen molar-refractivity contribution < 1.29 is 4.79 Å². The third-order valence-electron chi connectivity index (χ3n) is 2.39. The van der Waals surface area contributed by atoms with E-state index in [-0.39, 0.29) is 16.0 Å². The Hall–Kier alpha value is -1.42. The van der Waals surface area contributed by atoms with Gasteiger partial charge in [0.25, 0.3) is 5.91 Å². The molecule has 0 unspecified atom stereocenters. The first-order valence-electron chi connectivity index (χ1n) is 5.29. The number of nitrogens with one attached hydrogen (secondary N) is 1. The van der Waals surface area contributed by atoms with E-state index in [1.807, 2.05) is 0 Å². The number of anilines is 2. The first-order valence-corrected chi connectivity index (χ1v) is 6.42. The van der Waals surface area contributed by atoms with Crippen LogP contribution in [0.15, 0.2) is 36.4 Å². The molecule has 3 N–H and O–H groups in total. The summed E-state index contributed by atoms with van der Waals surface area (Å²) in [6, 6.07) is 9.59. The van der Waals surface area contributed by atoms with E-state index in [4.69, 9.17) is 40.5 Å². The number of hydrogen-bond donors (Lipinski definition) is 2. The molecule has 2 rings (SSSR count). The minimum Gasteiger partial charge on any atom is -0.399 e. The van der Waals surface area contributed by atoms with Crippen LogP contribution in [0.5, 0.6) is 0 Å². The maximum atomic E-state index is 12.0. The minimum absolute atomic E-state index is 0.278. The summed E-state index contributed by atoms with van der Waals surface area (Å²) in [5.41, 5.74) is 6.75. The summed E-state index contributed by atoms with van der Waals surface area (Å²) in [7, 11) is 0. The molecule has 0 heterocycles. The van der Waals surface area contributed by atoms with Crippen LogP contribution in [0.2, 0.25) is 15.1 Å². The highest BCUT2D eigenvalue weighted by atomic mass is 35.5. The highest BCUT2D eigenvalue weighted by Gasteiger charge is 2.12. The fraction of sp³-hybridized carbons (Fsp3) is 0. The molecular formula is C13H9Cl3N2O. The van der Waals surface area contributed by atoms with E-state index in [2.05, 4.69) is 5.32 Å². The van der Waals surface area contributed by atoms with Gasteiger partial charge >= 0.3 is 0 Å². The molecule has 0 saturated heterocycles. The largest absolute Gasteiger partial charge is 0.399 e. The average molecular weight is 316 g/mol. The lowest BCUT2D eigenvalue weighted by atomic mass is 10.2. The maximum absolute atomic E-state index is 12.0. The molecule has 1 amide bonds. The topological polar surface area (TPSA) is 55.1 Å². The van der Waals surface area contributed by atoms with Crippen LogP contribution < -0.4 is 11.1 Å². The monoisotopic (exact) mass is 314 g/mol. The maximum Gasteiger partial charge on any atom is 0.255 e. The average Bonchev–Trinajstić information content (AvgIpc) is 2.33. The number of amides is 1. The second kappa shape index (κ2) is 5.70. The molecule has 0 spiro atoms. The van der Waals surface area contributed by atoms with Gasteiger partial charge in [-0.2, -0.15) is 0 Å². The van der Waals surface area contributed by atoms with Gasteiger partial charge in [0.1, 0.15) is 0 Å². The summed E-state index contributed by atoms with van der Waals surface area (Å²) in [4.78, 5) is 12.0. The van der Waals surface area contributed by atoms with Crippen molar-refractivity contribution in [3.05, 3.63) is 57.0 Å². The molecule has 3 nitrogen and oxygen atoms in total. The summed E-state index contributed by atoms with van der Waals surface area (Å²) in [6.07, 6.45) is 0. The second-order valence-electron chi connectivity index (χ2n) is 3.82. The number of halogens is 3. The first-order chi connectivity index (χ1) is 8.97. The number of hydrogen-bond acceptors (Lipinski definition) is 2. The summed E-state index contributed by atoms with van der Waals surface area (Å²) in [5, 5.41) is 3.66. The Labute approximate surface area is 125 Å². The van der Waals surface area contributed by atoms with E-state index in [0.717, 1.165) is 0 Å². The van der Waals surface area contributed by atoms with Gasteiger partial charge in [0, 0.05) is 16.3 Å². The first kappa shape index (κ1) is 14.0. The van der Waals surface area contributed by atoms with Crippen molar-refractivity contribution in [3.63, 3.8) is 0 Å². The third kappa shape index (κ3) is 3.32. The molecule has 2 aromatic rings. The molecule has 2 aromatic carbocycles. The zero-order chi connectivity index (χ0) is 14.0. The van der Waals surface area contributed by atoms with Crippen molar-refractivity contribution in [1.82, 2.24) is 0 Å². The summed E-state index contributed by atoms with van der Waals surface area (Å²) in [6.45, 7) is 0. The van der Waals surface area contributed by atoms with Crippen molar-refractivity contribution in [3.8, 4) is 0 Å². The Balaban J connectivity index is 2.29. The Kier molecular flexibility index (Phi) is 4.20. The highest BCUT2D eigenvalue weighted by Crippen LogP contribution is 2.33. The van der Waals surface area contributed by atoms with Gasteiger partial charge in [-0.05, 0) is 30.3 Å². The molecule has 98 valence electrons. The molecule has 0 aliphatic carbocycles. The lowest BCUT2D eigenvalue weighted by Gasteiger charge is -2.10. The van der Waals surface area contributed by atoms with Gasteiger partial charge < -0.3 is 11.1 Å². The minimum atomic E-state index is -0.351. The zero-order valence-corrected chi connectivity index (χ0v) is 11.9. The molecule has 0 radical (unpaired) electrons. The Morgan fingerprint density at radius 1 is 1.05 bits per heavy atom. The molecule has 0 aliphatic heterocycles. The molecule has 6 heteroatoms. The van der Waals surface area contributed by atoms with Gasteiger partial charge in [0.05, 0.1) is 15.7 Å². The van der Waals surface area contributed by atoms with E-state index in [9.17, 15) is 4.79 Å². The van der Waals surface area contributed by atoms with Gasteiger partial charge in [-0.25, -0.2) is 0 Å². The van der Waals surface area contributed by atoms with Crippen LogP contribution in [0.3, 0.4) is 0 Å². The van der Waals surface area contributed by atoms with Crippen molar-refractivity contribution in [1.29, 1.82) is 0 Å². The van der Waals surface area contributed by atoms with Crippen LogP contribution in [0.1, 0.15) is 10.4 Å². The standard InChI is InChI=1S/C13H9Cl3N2O/c14-8-3-1-2-7(4-8)13(19)18-12-10(15)5-9(17)6-11(12)16/h1-6H,17H2,(H,18,19). The molecular weight excluding hydrogens is 307 g/mol. The second-order valence-corrected chi connectivity index (χ2v) is 5.07. The molecule has 0 atom stereocenters. The van der Waals surface area contributed by atoms with Crippen LogP contribution in [0.4, 0.5) is 11.4 Å². The predicted octanol–water partition coefficient (Wildman–Crippen LogP) is 4.48. The van der Waals surface area contributed by atoms with E-state index >= 15 is 0 Å².